The number of carbonyl (C=O) groups excluding carboxylic acids is 1. The van der Waals surface area contributed by atoms with E-state index in [2.05, 4.69) is 69.0 Å². The van der Waals surface area contributed by atoms with Crippen molar-refractivity contribution in [1.29, 1.82) is 0 Å². The zero-order valence-electron chi connectivity index (χ0n) is 20.5. The molecule has 6 nitrogen and oxygen atoms in total. The molecule has 1 aliphatic carbocycles. The molecule has 4 aromatic rings. The third kappa shape index (κ3) is 5.14. The number of hydrogen-bond donors (Lipinski definition) is 3. The van der Waals surface area contributed by atoms with E-state index < -0.39 is 0 Å². The second-order valence-electron chi connectivity index (χ2n) is 10.2. The first-order valence-electron chi connectivity index (χ1n) is 13.1. The van der Waals surface area contributed by atoms with Gasteiger partial charge in [-0.2, -0.15) is 0 Å². The average Bonchev–Trinajstić information content (AvgIpc) is 3.62. The van der Waals surface area contributed by atoms with Gasteiger partial charge in [0.15, 0.2) is 0 Å². The van der Waals surface area contributed by atoms with Gasteiger partial charge in [0, 0.05) is 19.0 Å². The second kappa shape index (κ2) is 10.2. The van der Waals surface area contributed by atoms with E-state index in [9.17, 15) is 4.79 Å². The maximum absolute atomic E-state index is 12.8. The Balaban J connectivity index is 1.03. The molecule has 1 saturated heterocycles. The van der Waals surface area contributed by atoms with Gasteiger partial charge in [-0.3, -0.25) is 15.0 Å². The van der Waals surface area contributed by atoms with Crippen molar-refractivity contribution < 1.29 is 4.79 Å². The Hall–Kier alpha value is -3.64. The molecule has 6 heteroatoms. The lowest BCUT2D eigenvalue weighted by Gasteiger charge is -2.32. The van der Waals surface area contributed by atoms with Gasteiger partial charge in [0.25, 0.3) is 0 Å². The number of amides is 1. The fraction of sp³-hybridized carbons (Fsp3) is 0.333. The molecular weight excluding hydrogens is 446 g/mol. The van der Waals surface area contributed by atoms with Crippen LogP contribution in [-0.4, -0.2) is 40.4 Å². The van der Waals surface area contributed by atoms with Gasteiger partial charge in [-0.25, -0.2) is 4.98 Å². The van der Waals surface area contributed by atoms with Crippen molar-refractivity contribution in [3.63, 3.8) is 0 Å². The Labute approximate surface area is 212 Å². The van der Waals surface area contributed by atoms with E-state index in [0.717, 1.165) is 49.3 Å². The van der Waals surface area contributed by atoms with Gasteiger partial charge < -0.3 is 10.3 Å². The molecule has 6 rings (SSSR count). The summed E-state index contributed by atoms with van der Waals surface area (Å²) in [5.74, 6) is 1.55. The van der Waals surface area contributed by atoms with Crippen LogP contribution in [0.2, 0.25) is 0 Å². The zero-order valence-corrected chi connectivity index (χ0v) is 20.5. The van der Waals surface area contributed by atoms with Crippen molar-refractivity contribution in [2.45, 2.75) is 31.7 Å². The number of aromatic amines is 1. The Morgan fingerprint density at radius 1 is 0.944 bits per heavy atom. The minimum atomic E-state index is 0.0194. The lowest BCUT2D eigenvalue weighted by Crippen LogP contribution is -2.35. The Morgan fingerprint density at radius 2 is 1.69 bits per heavy atom. The molecule has 2 heterocycles. The Morgan fingerprint density at radius 3 is 2.47 bits per heavy atom. The van der Waals surface area contributed by atoms with E-state index in [1.807, 2.05) is 30.3 Å². The predicted octanol–water partition coefficient (Wildman–Crippen LogP) is 5.63. The third-order valence-electron chi connectivity index (χ3n) is 7.65. The number of likely N-dealkylation sites (tertiary alicyclic amines) is 1. The van der Waals surface area contributed by atoms with Crippen molar-refractivity contribution in [3.8, 4) is 0 Å². The van der Waals surface area contributed by atoms with Crippen molar-refractivity contribution in [2.24, 2.45) is 11.8 Å². The van der Waals surface area contributed by atoms with Gasteiger partial charge in [0.05, 0.1) is 11.2 Å². The largest absolute Gasteiger partial charge is 0.383 e. The maximum Gasteiger partial charge on any atom is 0.230 e. The van der Waals surface area contributed by atoms with Crippen LogP contribution in [0.3, 0.4) is 0 Å². The van der Waals surface area contributed by atoms with Crippen LogP contribution >= 0.6 is 0 Å². The van der Waals surface area contributed by atoms with Gasteiger partial charge in [-0.05, 0) is 67.4 Å². The first kappa shape index (κ1) is 22.8. The summed E-state index contributed by atoms with van der Waals surface area (Å²) >= 11 is 0. The van der Waals surface area contributed by atoms with Gasteiger partial charge in [-0.15, -0.1) is 0 Å². The molecule has 3 aromatic carbocycles. The topological polar surface area (TPSA) is 73.1 Å². The van der Waals surface area contributed by atoms with E-state index in [1.165, 1.54) is 24.0 Å². The number of imidazole rings is 1. The van der Waals surface area contributed by atoms with Gasteiger partial charge >= 0.3 is 0 Å². The fourth-order valence-corrected chi connectivity index (χ4v) is 5.44. The van der Waals surface area contributed by atoms with Crippen LogP contribution in [0, 0.1) is 11.8 Å². The number of hydrogen-bond acceptors (Lipinski definition) is 4. The summed E-state index contributed by atoms with van der Waals surface area (Å²) in [6.45, 7) is 4.24. The fourth-order valence-electron chi connectivity index (χ4n) is 5.44. The monoisotopic (exact) mass is 479 g/mol. The third-order valence-corrected chi connectivity index (χ3v) is 7.65. The van der Waals surface area contributed by atoms with E-state index in [-0.39, 0.29) is 11.8 Å². The highest BCUT2D eigenvalue weighted by Gasteiger charge is 2.44. The SMILES string of the molecule is O=C(Nc1nc2c(NCC3CCN(Cc4ccccc4)CC3)cccc2[nH]1)C1CC1c1ccccc1. The van der Waals surface area contributed by atoms with Crippen LogP contribution in [-0.2, 0) is 11.3 Å². The van der Waals surface area contributed by atoms with E-state index in [1.54, 1.807) is 0 Å². The molecule has 36 heavy (non-hydrogen) atoms. The normalized spacial score (nSPS) is 20.3. The van der Waals surface area contributed by atoms with Gasteiger partial charge in [-0.1, -0.05) is 66.7 Å². The summed E-state index contributed by atoms with van der Waals surface area (Å²) in [5, 5.41) is 6.65. The molecule has 184 valence electrons. The highest BCUT2D eigenvalue weighted by molar-refractivity contribution is 5.97. The van der Waals surface area contributed by atoms with Gasteiger partial charge in [0.2, 0.25) is 11.9 Å². The molecule has 1 aromatic heterocycles. The molecule has 1 aliphatic heterocycles. The number of aromatic nitrogens is 2. The summed E-state index contributed by atoms with van der Waals surface area (Å²) in [4.78, 5) is 23.4. The highest BCUT2D eigenvalue weighted by atomic mass is 16.2. The predicted molar refractivity (Wildman–Crippen MR) is 145 cm³/mol. The first-order valence-corrected chi connectivity index (χ1v) is 13.1. The standard InChI is InChI=1S/C30H33N5O/c36-29(25-18-24(25)23-10-5-2-6-11-23)34-30-32-27-13-7-12-26(28(27)33-30)31-19-21-14-16-35(17-15-21)20-22-8-3-1-4-9-22/h1-13,21,24-25,31H,14-20H2,(H2,32,33,34,36). The van der Waals surface area contributed by atoms with Crippen molar-refractivity contribution in [3.05, 3.63) is 90.0 Å². The number of anilines is 2. The first-order chi connectivity index (χ1) is 17.7. The molecule has 2 unspecified atom stereocenters. The quantitative estimate of drug-likeness (QED) is 0.306. The minimum Gasteiger partial charge on any atom is -0.383 e. The van der Waals surface area contributed by atoms with E-state index in [0.29, 0.717) is 17.8 Å². The number of H-pyrrole nitrogens is 1. The molecule has 2 atom stereocenters. The van der Waals surface area contributed by atoms with E-state index >= 15 is 0 Å². The summed E-state index contributed by atoms with van der Waals surface area (Å²) in [5.41, 5.74) is 5.46. The van der Waals surface area contributed by atoms with Crippen LogP contribution in [0.15, 0.2) is 78.9 Å². The number of para-hydroxylation sites is 1. The lowest BCUT2D eigenvalue weighted by atomic mass is 9.96. The highest BCUT2D eigenvalue weighted by Crippen LogP contribution is 2.47. The second-order valence-corrected chi connectivity index (χ2v) is 10.2. The summed E-state index contributed by atoms with van der Waals surface area (Å²) in [6.07, 6.45) is 3.29. The summed E-state index contributed by atoms with van der Waals surface area (Å²) in [6, 6.07) is 27.1. The smallest absolute Gasteiger partial charge is 0.230 e. The molecule has 2 fully saturated rings. The minimum absolute atomic E-state index is 0.0194. The molecule has 3 N–H and O–H groups in total. The molecule has 0 bridgehead atoms. The number of piperidine rings is 1. The van der Waals surface area contributed by atoms with Crippen LogP contribution in [0.4, 0.5) is 11.6 Å². The van der Waals surface area contributed by atoms with E-state index in [4.69, 9.17) is 4.98 Å². The number of nitrogens with zero attached hydrogens (tertiary/aromatic N) is 2. The Bertz CT molecular complexity index is 1310. The summed E-state index contributed by atoms with van der Waals surface area (Å²) < 4.78 is 0. The zero-order chi connectivity index (χ0) is 24.3. The number of fused-ring (bicyclic) bond motifs is 1. The number of rotatable bonds is 8. The van der Waals surface area contributed by atoms with Crippen LogP contribution < -0.4 is 10.6 Å². The Kier molecular flexibility index (Phi) is 6.43. The van der Waals surface area contributed by atoms with Crippen LogP contribution in [0.5, 0.6) is 0 Å². The molecule has 0 radical (unpaired) electrons. The van der Waals surface area contributed by atoms with Gasteiger partial charge in [0.1, 0.15) is 5.52 Å². The van der Waals surface area contributed by atoms with Crippen molar-refractivity contribution >= 4 is 28.6 Å². The molecule has 1 amide bonds. The number of benzene rings is 3. The van der Waals surface area contributed by atoms with Crippen molar-refractivity contribution in [2.75, 3.05) is 30.3 Å². The number of nitrogens with one attached hydrogen (secondary N) is 3. The summed E-state index contributed by atoms with van der Waals surface area (Å²) in [7, 11) is 0. The maximum atomic E-state index is 12.8. The van der Waals surface area contributed by atoms with Crippen LogP contribution in [0.25, 0.3) is 11.0 Å². The van der Waals surface area contributed by atoms with Crippen LogP contribution in [0.1, 0.15) is 36.3 Å². The molecule has 1 saturated carbocycles. The number of carbonyl (C=O) groups is 1. The molecule has 2 aliphatic rings. The average molecular weight is 480 g/mol. The molecular formula is C30H33N5O. The lowest BCUT2D eigenvalue weighted by molar-refractivity contribution is -0.117. The molecule has 0 spiro atoms. The van der Waals surface area contributed by atoms with Crippen molar-refractivity contribution in [1.82, 2.24) is 14.9 Å².